The second kappa shape index (κ2) is 7.56. The number of nitrogens with zero attached hydrogens (tertiary/aromatic N) is 5. The molecule has 2 aromatic rings. The predicted molar refractivity (Wildman–Crippen MR) is 114 cm³/mol. The van der Waals surface area contributed by atoms with Gasteiger partial charge in [-0.3, -0.25) is 14.4 Å². The fourth-order valence-electron chi connectivity index (χ4n) is 4.82. The van der Waals surface area contributed by atoms with Crippen LogP contribution in [-0.2, 0) is 16.8 Å². The highest BCUT2D eigenvalue weighted by molar-refractivity contribution is 5.79. The normalized spacial score (nSPS) is 26.5. The average molecular weight is 396 g/mol. The summed E-state index contributed by atoms with van der Waals surface area (Å²) in [6.07, 6.45) is 4.25. The van der Waals surface area contributed by atoms with Crippen LogP contribution in [0.5, 0.6) is 0 Å². The van der Waals surface area contributed by atoms with Crippen molar-refractivity contribution in [2.24, 2.45) is 11.8 Å². The summed E-state index contributed by atoms with van der Waals surface area (Å²) < 4.78 is 1.97. The fourth-order valence-corrected chi connectivity index (χ4v) is 4.82. The molecule has 2 unspecified atom stereocenters. The van der Waals surface area contributed by atoms with Gasteiger partial charge in [-0.1, -0.05) is 50.3 Å². The molecule has 4 heterocycles. The summed E-state index contributed by atoms with van der Waals surface area (Å²) in [6, 6.07) is 9.08. The summed E-state index contributed by atoms with van der Waals surface area (Å²) in [7, 11) is 3.73. The van der Waals surface area contributed by atoms with Crippen molar-refractivity contribution in [3.63, 3.8) is 0 Å². The molecule has 0 spiro atoms. The van der Waals surface area contributed by atoms with Crippen LogP contribution in [0, 0.1) is 11.8 Å². The van der Waals surface area contributed by atoms with Crippen LogP contribution in [0.1, 0.15) is 39.2 Å². The molecule has 3 fully saturated rings. The molecule has 1 amide bonds. The minimum atomic E-state index is 0.150. The van der Waals surface area contributed by atoms with Gasteiger partial charge in [-0.2, -0.15) is 0 Å². The minimum Gasteiger partial charge on any atom is -0.349 e. The number of fused-ring (bicyclic) bond motifs is 3. The van der Waals surface area contributed by atoms with Crippen molar-refractivity contribution in [1.29, 1.82) is 0 Å². The van der Waals surface area contributed by atoms with E-state index in [4.69, 9.17) is 0 Å². The summed E-state index contributed by atoms with van der Waals surface area (Å²) >= 11 is 0. The van der Waals surface area contributed by atoms with E-state index < -0.39 is 0 Å². The first-order valence-electron chi connectivity index (χ1n) is 10.7. The maximum atomic E-state index is 12.5. The molecule has 29 heavy (non-hydrogen) atoms. The number of hydrogen-bond acceptors (Lipinski definition) is 4. The number of carbonyl (C=O) groups excluding carboxylic acids is 1. The molecule has 0 saturated carbocycles. The maximum absolute atomic E-state index is 12.5. The number of hydrogen-bond donors (Lipinski definition) is 0. The van der Waals surface area contributed by atoms with Crippen LogP contribution in [0.3, 0.4) is 0 Å². The Balaban J connectivity index is 1.42. The van der Waals surface area contributed by atoms with Gasteiger partial charge in [-0.25, -0.2) is 0 Å². The van der Waals surface area contributed by atoms with Crippen LogP contribution >= 0.6 is 0 Å². The summed E-state index contributed by atoms with van der Waals surface area (Å²) in [6.45, 7) is 9.48. The highest BCUT2D eigenvalue weighted by Crippen LogP contribution is 2.37. The lowest BCUT2D eigenvalue weighted by atomic mass is 9.75. The summed E-state index contributed by atoms with van der Waals surface area (Å²) in [4.78, 5) is 16.7. The Morgan fingerprint density at radius 2 is 1.93 bits per heavy atom. The second-order valence-corrected chi connectivity index (χ2v) is 9.93. The Morgan fingerprint density at radius 1 is 1.21 bits per heavy atom. The number of amides is 1. The third-order valence-electron chi connectivity index (χ3n) is 6.62. The molecule has 3 aliphatic rings. The largest absolute Gasteiger partial charge is 0.349 e. The molecule has 5 rings (SSSR count). The van der Waals surface area contributed by atoms with E-state index in [1.807, 2.05) is 18.8 Å². The molecule has 0 aliphatic carbocycles. The molecular formula is C23H33N5O. The van der Waals surface area contributed by atoms with Gasteiger partial charge in [-0.05, 0) is 36.3 Å². The van der Waals surface area contributed by atoms with Gasteiger partial charge in [0.2, 0.25) is 5.91 Å². The Labute approximate surface area is 173 Å². The van der Waals surface area contributed by atoms with E-state index in [0.717, 1.165) is 43.7 Å². The van der Waals surface area contributed by atoms with Crippen LogP contribution in [0.2, 0.25) is 0 Å². The number of benzene rings is 1. The molecule has 0 N–H and O–H groups in total. The second-order valence-electron chi connectivity index (χ2n) is 9.93. The third kappa shape index (κ3) is 4.08. The first kappa shape index (κ1) is 20.1. The van der Waals surface area contributed by atoms with E-state index in [-0.39, 0.29) is 17.2 Å². The molecule has 156 valence electrons. The summed E-state index contributed by atoms with van der Waals surface area (Å²) in [5.74, 6) is 0.926. The molecule has 1 aromatic heterocycles. The maximum Gasteiger partial charge on any atom is 0.226 e. The SMILES string of the molecule is CN(C)C(=O)[C@H]1CN2CCC1C[C@@H]2Cn1cc(-c2ccc(C(C)(C)C)cc2)nn1. The predicted octanol–water partition coefficient (Wildman–Crippen LogP) is 3.04. The minimum absolute atomic E-state index is 0.150. The lowest BCUT2D eigenvalue weighted by Gasteiger charge is -2.49. The lowest BCUT2D eigenvalue weighted by molar-refractivity contribution is -0.141. The highest BCUT2D eigenvalue weighted by Gasteiger charge is 2.43. The first-order chi connectivity index (χ1) is 13.7. The van der Waals surface area contributed by atoms with Crippen molar-refractivity contribution in [1.82, 2.24) is 24.8 Å². The summed E-state index contributed by atoms with van der Waals surface area (Å²) in [5.41, 5.74) is 3.49. The fraction of sp³-hybridized carbons (Fsp3) is 0.609. The van der Waals surface area contributed by atoms with Crippen molar-refractivity contribution in [2.45, 2.75) is 51.6 Å². The zero-order chi connectivity index (χ0) is 20.8. The van der Waals surface area contributed by atoms with Crippen molar-refractivity contribution in [2.75, 3.05) is 27.2 Å². The molecular weight excluding hydrogens is 362 g/mol. The van der Waals surface area contributed by atoms with Crippen molar-refractivity contribution < 1.29 is 4.79 Å². The van der Waals surface area contributed by atoms with E-state index >= 15 is 0 Å². The van der Waals surface area contributed by atoms with Crippen molar-refractivity contribution in [3.05, 3.63) is 36.0 Å². The molecule has 0 radical (unpaired) electrons. The van der Waals surface area contributed by atoms with Gasteiger partial charge in [0.15, 0.2) is 0 Å². The van der Waals surface area contributed by atoms with Gasteiger partial charge in [-0.15, -0.1) is 5.10 Å². The van der Waals surface area contributed by atoms with Crippen LogP contribution in [0.25, 0.3) is 11.3 Å². The first-order valence-corrected chi connectivity index (χ1v) is 10.7. The molecule has 3 saturated heterocycles. The number of piperidine rings is 3. The van der Waals surface area contributed by atoms with E-state index in [2.05, 4.69) is 66.4 Å². The Kier molecular flexibility index (Phi) is 5.23. The Hall–Kier alpha value is -2.21. The van der Waals surface area contributed by atoms with E-state index in [1.165, 1.54) is 5.56 Å². The monoisotopic (exact) mass is 395 g/mol. The van der Waals surface area contributed by atoms with Crippen LogP contribution in [0.15, 0.2) is 30.5 Å². The van der Waals surface area contributed by atoms with Gasteiger partial charge in [0.25, 0.3) is 0 Å². The zero-order valence-electron chi connectivity index (χ0n) is 18.3. The van der Waals surface area contributed by atoms with Gasteiger partial charge in [0.05, 0.1) is 18.7 Å². The topological polar surface area (TPSA) is 54.3 Å². The van der Waals surface area contributed by atoms with Gasteiger partial charge >= 0.3 is 0 Å². The zero-order valence-corrected chi connectivity index (χ0v) is 18.3. The molecule has 3 aliphatic heterocycles. The van der Waals surface area contributed by atoms with Gasteiger partial charge in [0, 0.05) is 32.2 Å². The molecule has 2 bridgehead atoms. The summed E-state index contributed by atoms with van der Waals surface area (Å²) in [5, 5.41) is 8.79. The van der Waals surface area contributed by atoms with E-state index in [9.17, 15) is 4.79 Å². The lowest BCUT2D eigenvalue weighted by Crippen LogP contribution is -2.57. The highest BCUT2D eigenvalue weighted by atomic mass is 16.2. The van der Waals surface area contributed by atoms with Crippen LogP contribution in [0.4, 0.5) is 0 Å². The van der Waals surface area contributed by atoms with Gasteiger partial charge in [0.1, 0.15) is 5.69 Å². The molecule has 1 aromatic carbocycles. The Bertz CT molecular complexity index is 864. The molecule has 6 nitrogen and oxygen atoms in total. The molecule has 4 atom stereocenters. The van der Waals surface area contributed by atoms with Crippen LogP contribution in [-0.4, -0.2) is 63.9 Å². The number of carbonyl (C=O) groups is 1. The van der Waals surface area contributed by atoms with E-state index in [0.29, 0.717) is 12.0 Å². The van der Waals surface area contributed by atoms with Crippen molar-refractivity contribution in [3.8, 4) is 11.3 Å². The van der Waals surface area contributed by atoms with E-state index in [1.54, 1.807) is 4.90 Å². The Morgan fingerprint density at radius 3 is 2.52 bits per heavy atom. The van der Waals surface area contributed by atoms with Gasteiger partial charge < -0.3 is 4.90 Å². The quantitative estimate of drug-likeness (QED) is 0.798. The van der Waals surface area contributed by atoms with Crippen molar-refractivity contribution >= 4 is 5.91 Å². The number of aromatic nitrogens is 3. The smallest absolute Gasteiger partial charge is 0.226 e. The third-order valence-corrected chi connectivity index (χ3v) is 6.62. The van der Waals surface area contributed by atoms with Crippen LogP contribution < -0.4 is 0 Å². The number of rotatable bonds is 4. The average Bonchev–Trinajstić information content (AvgIpc) is 3.15. The molecule has 6 heteroatoms. The standard InChI is InChI=1S/C23H33N5O/c1-23(2,3)18-8-6-16(7-9-18)21-15-28(25-24-21)13-19-12-17-10-11-27(19)14-20(17)22(29)26(4)5/h6-9,15,17,19-20H,10-14H2,1-5H3/t17?,19-,20+/m1/s1.